The second-order valence-electron chi connectivity index (χ2n) is 2.91. The van der Waals surface area contributed by atoms with E-state index in [0.717, 1.165) is 0 Å². The number of furan rings is 1. The largest absolute Gasteiger partial charge is 0.463 e. The average Bonchev–Trinajstić information content (AvgIpc) is 2.88. The second kappa shape index (κ2) is 4.39. The van der Waals surface area contributed by atoms with E-state index in [9.17, 15) is 4.79 Å². The van der Waals surface area contributed by atoms with Crippen LogP contribution >= 0.6 is 0 Å². The molecule has 0 atom stereocenters. The minimum absolute atomic E-state index is 0.108. The minimum Gasteiger partial charge on any atom is -0.463 e. The highest BCUT2D eigenvalue weighted by molar-refractivity contribution is 5.93. The van der Waals surface area contributed by atoms with Crippen LogP contribution < -0.4 is 5.43 Å². The Kier molecular flexibility index (Phi) is 2.77. The molecule has 1 N–H and O–H groups in total. The topological polar surface area (TPSA) is 93.5 Å². The summed E-state index contributed by atoms with van der Waals surface area (Å²) in [6, 6.07) is 3.42. The van der Waals surface area contributed by atoms with Crippen molar-refractivity contribution in [1.29, 1.82) is 0 Å². The molecule has 2 heterocycles. The Balaban J connectivity index is 1.97. The Labute approximate surface area is 90.1 Å². The lowest BCUT2D eigenvalue weighted by atomic mass is 10.3. The van der Waals surface area contributed by atoms with Gasteiger partial charge in [-0.3, -0.25) is 4.79 Å². The van der Waals surface area contributed by atoms with Gasteiger partial charge in [0.2, 0.25) is 0 Å². The number of nitrogens with one attached hydrogen (secondary N) is 1. The molecule has 0 aliphatic heterocycles. The van der Waals surface area contributed by atoms with Crippen LogP contribution in [0.15, 0.2) is 32.5 Å². The molecule has 2 aromatic heterocycles. The third-order valence-electron chi connectivity index (χ3n) is 1.77. The van der Waals surface area contributed by atoms with Gasteiger partial charge in [-0.1, -0.05) is 5.16 Å². The van der Waals surface area contributed by atoms with E-state index in [4.69, 9.17) is 4.42 Å². The first-order chi connectivity index (χ1) is 7.77. The number of hydrazone groups is 1. The molecule has 0 spiro atoms. The molecule has 2 aromatic rings. The first-order valence-corrected chi connectivity index (χ1v) is 4.43. The van der Waals surface area contributed by atoms with Crippen molar-refractivity contribution < 1.29 is 13.8 Å². The molecule has 0 saturated heterocycles. The van der Waals surface area contributed by atoms with Crippen LogP contribution in [-0.4, -0.2) is 22.4 Å². The van der Waals surface area contributed by atoms with Crippen LogP contribution in [-0.2, 0) is 0 Å². The molecule has 2 rings (SSSR count). The van der Waals surface area contributed by atoms with Gasteiger partial charge in [0, 0.05) is 0 Å². The number of carbonyl (C=O) groups is 1. The summed E-state index contributed by atoms with van der Waals surface area (Å²) in [5, 5.41) is 10.6. The van der Waals surface area contributed by atoms with Crippen LogP contribution in [0.3, 0.4) is 0 Å². The highest BCUT2D eigenvalue weighted by Gasteiger charge is 2.13. The molecular formula is C9H8N4O3. The Morgan fingerprint density at radius 2 is 2.44 bits per heavy atom. The average molecular weight is 220 g/mol. The fourth-order valence-corrected chi connectivity index (χ4v) is 1.01. The summed E-state index contributed by atoms with van der Waals surface area (Å²) >= 11 is 0. The maximum atomic E-state index is 11.4. The van der Waals surface area contributed by atoms with Gasteiger partial charge in [-0.2, -0.15) is 5.10 Å². The van der Waals surface area contributed by atoms with Gasteiger partial charge >= 0.3 is 0 Å². The molecule has 0 radical (unpaired) electrons. The van der Waals surface area contributed by atoms with Gasteiger partial charge in [0.15, 0.2) is 5.69 Å². The van der Waals surface area contributed by atoms with Gasteiger partial charge in [-0.05, 0) is 24.2 Å². The lowest BCUT2D eigenvalue weighted by Gasteiger charge is -1.93. The van der Waals surface area contributed by atoms with Gasteiger partial charge in [0.05, 0.1) is 12.5 Å². The third kappa shape index (κ3) is 2.14. The predicted molar refractivity (Wildman–Crippen MR) is 52.8 cm³/mol. The van der Waals surface area contributed by atoms with Crippen LogP contribution in [0.25, 0.3) is 0 Å². The number of carbonyl (C=O) groups excluding carboxylic acids is 1. The van der Waals surface area contributed by atoms with Crippen molar-refractivity contribution >= 4 is 12.1 Å². The first-order valence-electron chi connectivity index (χ1n) is 4.43. The highest BCUT2D eigenvalue weighted by Crippen LogP contribution is 1.99. The van der Waals surface area contributed by atoms with E-state index in [2.05, 4.69) is 25.5 Å². The maximum absolute atomic E-state index is 11.4. The Hall–Kier alpha value is -2.44. The van der Waals surface area contributed by atoms with Crippen molar-refractivity contribution in [2.75, 3.05) is 0 Å². The molecule has 82 valence electrons. The number of hydrogen-bond donors (Lipinski definition) is 1. The molecule has 0 aromatic carbocycles. The van der Waals surface area contributed by atoms with E-state index in [-0.39, 0.29) is 5.69 Å². The number of nitrogens with zero attached hydrogens (tertiary/aromatic N) is 3. The molecule has 7 nitrogen and oxygen atoms in total. The molecule has 0 unspecified atom stereocenters. The van der Waals surface area contributed by atoms with Gasteiger partial charge in [0.25, 0.3) is 5.91 Å². The molecule has 16 heavy (non-hydrogen) atoms. The smallest absolute Gasteiger partial charge is 0.295 e. The zero-order valence-corrected chi connectivity index (χ0v) is 8.38. The molecule has 0 fully saturated rings. The predicted octanol–water partition coefficient (Wildman–Crippen LogP) is 0.735. The summed E-state index contributed by atoms with van der Waals surface area (Å²) < 4.78 is 9.37. The summed E-state index contributed by atoms with van der Waals surface area (Å²) in [7, 11) is 0. The van der Waals surface area contributed by atoms with Crippen molar-refractivity contribution in [1.82, 2.24) is 15.7 Å². The monoisotopic (exact) mass is 220 g/mol. The summed E-state index contributed by atoms with van der Waals surface area (Å²) in [4.78, 5) is 11.4. The van der Waals surface area contributed by atoms with Crippen LogP contribution in [0.1, 0.15) is 21.9 Å². The van der Waals surface area contributed by atoms with Gasteiger partial charge in [0.1, 0.15) is 11.5 Å². The van der Waals surface area contributed by atoms with Crippen molar-refractivity contribution in [2.24, 2.45) is 5.10 Å². The normalized spacial score (nSPS) is 10.8. The zero-order valence-electron chi connectivity index (χ0n) is 8.38. The summed E-state index contributed by atoms with van der Waals surface area (Å²) in [5.74, 6) is 0.0526. The van der Waals surface area contributed by atoms with Crippen molar-refractivity contribution in [3.63, 3.8) is 0 Å². The van der Waals surface area contributed by atoms with Gasteiger partial charge in [-0.25, -0.2) is 10.1 Å². The van der Waals surface area contributed by atoms with E-state index in [1.165, 1.54) is 12.5 Å². The fraction of sp³-hybridized carbons (Fsp3) is 0.111. The number of amides is 1. The quantitative estimate of drug-likeness (QED) is 0.608. The number of aryl methyl sites for hydroxylation is 1. The van der Waals surface area contributed by atoms with E-state index in [0.29, 0.717) is 11.5 Å². The summed E-state index contributed by atoms with van der Waals surface area (Å²) in [5.41, 5.74) is 2.79. The summed E-state index contributed by atoms with van der Waals surface area (Å²) in [6.45, 7) is 1.61. The van der Waals surface area contributed by atoms with Crippen LogP contribution in [0.4, 0.5) is 0 Å². The SMILES string of the molecule is Cc1nonc1C(=O)N/N=C/c1ccco1. The Morgan fingerprint density at radius 3 is 3.06 bits per heavy atom. The van der Waals surface area contributed by atoms with E-state index >= 15 is 0 Å². The molecule has 0 saturated carbocycles. The van der Waals surface area contributed by atoms with Crippen molar-refractivity contribution in [2.45, 2.75) is 6.92 Å². The van der Waals surface area contributed by atoms with E-state index in [1.54, 1.807) is 19.1 Å². The van der Waals surface area contributed by atoms with Crippen molar-refractivity contribution in [3.8, 4) is 0 Å². The van der Waals surface area contributed by atoms with Gasteiger partial charge in [-0.15, -0.1) is 0 Å². The van der Waals surface area contributed by atoms with E-state index < -0.39 is 5.91 Å². The number of rotatable bonds is 3. The second-order valence-corrected chi connectivity index (χ2v) is 2.91. The Bertz CT molecular complexity index is 501. The van der Waals surface area contributed by atoms with Crippen LogP contribution in [0.2, 0.25) is 0 Å². The lowest BCUT2D eigenvalue weighted by Crippen LogP contribution is -2.18. The standard InChI is InChI=1S/C9H8N4O3/c1-6-8(13-16-12-6)9(14)11-10-5-7-3-2-4-15-7/h2-5H,1H3,(H,11,14)/b10-5+. The first kappa shape index (κ1) is 10.1. The van der Waals surface area contributed by atoms with Crippen molar-refractivity contribution in [3.05, 3.63) is 35.5 Å². The molecule has 0 aliphatic rings. The van der Waals surface area contributed by atoms with E-state index in [1.807, 2.05) is 0 Å². The molecule has 7 heteroatoms. The minimum atomic E-state index is -0.485. The van der Waals surface area contributed by atoms with Crippen LogP contribution in [0, 0.1) is 6.92 Å². The number of hydrogen-bond acceptors (Lipinski definition) is 6. The lowest BCUT2D eigenvalue weighted by molar-refractivity contribution is 0.0945. The highest BCUT2D eigenvalue weighted by atomic mass is 16.6. The third-order valence-corrected chi connectivity index (χ3v) is 1.77. The molecular weight excluding hydrogens is 212 g/mol. The molecule has 0 aliphatic carbocycles. The fourth-order valence-electron chi connectivity index (χ4n) is 1.01. The maximum Gasteiger partial charge on any atom is 0.295 e. The number of aromatic nitrogens is 2. The summed E-state index contributed by atoms with van der Waals surface area (Å²) in [6.07, 6.45) is 2.88. The van der Waals surface area contributed by atoms with Crippen LogP contribution in [0.5, 0.6) is 0 Å². The Morgan fingerprint density at radius 1 is 1.56 bits per heavy atom. The molecule has 0 bridgehead atoms. The zero-order chi connectivity index (χ0) is 11.4. The van der Waals surface area contributed by atoms with Gasteiger partial charge < -0.3 is 4.42 Å². The molecule has 1 amide bonds.